The average Bonchev–Trinajstić information content (AvgIpc) is 2.81. The fourth-order valence-electron chi connectivity index (χ4n) is 2.82. The van der Waals surface area contributed by atoms with Crippen LogP contribution in [0.15, 0.2) is 23.4 Å². The molecule has 1 aliphatic rings. The van der Waals surface area contributed by atoms with Crippen molar-refractivity contribution in [2.75, 3.05) is 25.0 Å². The molecule has 13 heteroatoms. The van der Waals surface area contributed by atoms with Gasteiger partial charge in [-0.1, -0.05) is 5.22 Å². The molecule has 2 rings (SSSR count). The van der Waals surface area contributed by atoms with E-state index < -0.39 is 18.9 Å². The van der Waals surface area contributed by atoms with Gasteiger partial charge in [0.2, 0.25) is 12.7 Å². The van der Waals surface area contributed by atoms with Crippen molar-refractivity contribution in [3.8, 4) is 18.6 Å². The van der Waals surface area contributed by atoms with Gasteiger partial charge in [0, 0.05) is 25.2 Å². The molecular formula is C22H32F4N6O3. The van der Waals surface area contributed by atoms with Gasteiger partial charge in [-0.25, -0.2) is 9.18 Å². The molecule has 1 aromatic rings. The maximum atomic E-state index is 12.4. The van der Waals surface area contributed by atoms with Gasteiger partial charge in [0.15, 0.2) is 0 Å². The number of terminal acetylenes is 1. The van der Waals surface area contributed by atoms with E-state index in [1.54, 1.807) is 4.90 Å². The molecule has 1 fully saturated rings. The number of alkyl halides is 4. The van der Waals surface area contributed by atoms with Crippen LogP contribution >= 0.6 is 0 Å². The molecule has 1 aliphatic heterocycles. The van der Waals surface area contributed by atoms with Gasteiger partial charge in [0.05, 0.1) is 5.69 Å². The van der Waals surface area contributed by atoms with Crippen LogP contribution in [-0.2, 0) is 11.3 Å². The number of ether oxygens (including phenoxy) is 2. The number of hydrogen-bond acceptors (Lipinski definition) is 7. The van der Waals surface area contributed by atoms with Crippen LogP contribution in [0.1, 0.15) is 45.6 Å². The minimum Gasteiger partial charge on any atom is -0.463 e. The third kappa shape index (κ3) is 11.0. The smallest absolute Gasteiger partial charge is 0.451 e. The summed E-state index contributed by atoms with van der Waals surface area (Å²) in [4.78, 5) is 13.3. The molecule has 0 unspecified atom stereocenters. The maximum absolute atomic E-state index is 12.4. The Bertz CT molecular complexity index is 850. The van der Waals surface area contributed by atoms with Crippen molar-refractivity contribution >= 4 is 17.6 Å². The lowest BCUT2D eigenvalue weighted by atomic mass is 10.1. The van der Waals surface area contributed by atoms with E-state index in [9.17, 15) is 22.4 Å². The number of amidine groups is 1. The zero-order valence-corrected chi connectivity index (χ0v) is 20.0. The van der Waals surface area contributed by atoms with E-state index in [2.05, 4.69) is 22.8 Å². The number of amides is 1. The van der Waals surface area contributed by atoms with Crippen LogP contribution < -0.4 is 15.5 Å². The molecule has 1 aromatic carbocycles. The number of piperidine rings is 1. The number of hydrogen-bond donors (Lipinski definition) is 3. The van der Waals surface area contributed by atoms with Gasteiger partial charge in [0.1, 0.15) is 11.4 Å². The summed E-state index contributed by atoms with van der Waals surface area (Å²) in [6.45, 7) is 6.17. The van der Waals surface area contributed by atoms with Gasteiger partial charge < -0.3 is 20.1 Å². The van der Waals surface area contributed by atoms with Crippen molar-refractivity contribution in [2.45, 2.75) is 58.4 Å². The summed E-state index contributed by atoms with van der Waals surface area (Å²) in [5.41, 5.74) is 11.8. The molecule has 0 saturated carbocycles. The van der Waals surface area contributed by atoms with Gasteiger partial charge in [-0.3, -0.25) is 5.41 Å². The Morgan fingerprint density at radius 1 is 1.20 bits per heavy atom. The second-order valence-electron chi connectivity index (χ2n) is 8.04. The van der Waals surface area contributed by atoms with E-state index in [4.69, 9.17) is 21.4 Å². The molecule has 1 amide bonds. The normalized spacial score (nSPS) is 13.3. The molecule has 1 heterocycles. The average molecular weight is 505 g/mol. The number of nitrogens with one attached hydrogen (secondary N) is 2. The molecule has 9 nitrogen and oxygen atoms in total. The van der Waals surface area contributed by atoms with Crippen molar-refractivity contribution in [3.63, 3.8) is 0 Å². The molecule has 0 radical (unpaired) electrons. The van der Waals surface area contributed by atoms with Crippen LogP contribution in [0.2, 0.25) is 0 Å². The van der Waals surface area contributed by atoms with E-state index >= 15 is 0 Å². The molecule has 1 saturated heterocycles. The van der Waals surface area contributed by atoms with E-state index in [1.807, 2.05) is 20.8 Å². The quantitative estimate of drug-likeness (QED) is 0.124. The Hall–Kier alpha value is -3.40. The highest BCUT2D eigenvalue weighted by atomic mass is 19.4. The molecular weight excluding hydrogens is 472 g/mol. The number of carbonyl (C=O) groups excluding carboxylic acids is 1. The Morgan fingerprint density at radius 2 is 1.77 bits per heavy atom. The number of carbonyl (C=O) groups is 1. The Kier molecular flexibility index (Phi) is 13.3. The van der Waals surface area contributed by atoms with Crippen LogP contribution in [-0.4, -0.2) is 48.6 Å². The first-order valence-corrected chi connectivity index (χ1v) is 10.5. The monoisotopic (exact) mass is 504 g/mol. The van der Waals surface area contributed by atoms with Crippen LogP contribution in [0.3, 0.4) is 0 Å². The van der Waals surface area contributed by atoms with Gasteiger partial charge in [-0.15, -0.1) is 12.8 Å². The van der Waals surface area contributed by atoms with Gasteiger partial charge >= 0.3 is 12.3 Å². The number of anilines is 1. The first-order chi connectivity index (χ1) is 16.3. The van der Waals surface area contributed by atoms with Crippen molar-refractivity contribution in [1.29, 1.82) is 10.9 Å². The fraction of sp³-hybridized carbons (Fsp3) is 0.545. The lowest BCUT2D eigenvalue weighted by Crippen LogP contribution is -2.39. The molecule has 4 N–H and O–H groups in total. The lowest BCUT2D eigenvalue weighted by molar-refractivity contribution is -0.0611. The van der Waals surface area contributed by atoms with Gasteiger partial charge in [-0.05, 0) is 58.2 Å². The first kappa shape index (κ1) is 31.6. The second kappa shape index (κ2) is 14.8. The highest BCUT2D eigenvalue weighted by Gasteiger charge is 2.39. The summed E-state index contributed by atoms with van der Waals surface area (Å²) < 4.78 is 59.3. The Labute approximate surface area is 202 Å². The van der Waals surface area contributed by atoms with Crippen LogP contribution in [0.4, 0.5) is 28.0 Å². The van der Waals surface area contributed by atoms with E-state index in [0.717, 1.165) is 38.1 Å². The predicted octanol–water partition coefficient (Wildman–Crippen LogP) is 5.40. The zero-order chi connectivity index (χ0) is 27.2. The SMILES string of the molecule is C#C.CC(C)(C)OC(=O)N1CCCCC1.N=NN(C(=N)C(F)(F)F)c1ccc(OCF)c(CN)c1. The summed E-state index contributed by atoms with van der Waals surface area (Å²) >= 11 is 0. The molecule has 0 bridgehead atoms. The largest absolute Gasteiger partial charge is 0.463 e. The highest BCUT2D eigenvalue weighted by molar-refractivity contribution is 5.98. The molecule has 35 heavy (non-hydrogen) atoms. The number of halogens is 4. The van der Waals surface area contributed by atoms with Crippen LogP contribution in [0.25, 0.3) is 0 Å². The summed E-state index contributed by atoms with van der Waals surface area (Å²) in [7, 11) is 0. The summed E-state index contributed by atoms with van der Waals surface area (Å²) in [6.07, 6.45) is 6.34. The number of nitrogens with two attached hydrogens (primary N) is 1. The van der Waals surface area contributed by atoms with Crippen molar-refractivity contribution in [3.05, 3.63) is 23.8 Å². The number of rotatable bonds is 5. The third-order valence-electron chi connectivity index (χ3n) is 4.31. The third-order valence-corrected chi connectivity index (χ3v) is 4.31. The van der Waals surface area contributed by atoms with Crippen molar-refractivity contribution in [2.24, 2.45) is 11.0 Å². The Balaban J connectivity index is 0.000000665. The second-order valence-corrected chi connectivity index (χ2v) is 8.04. The minimum absolute atomic E-state index is 0.0715. The molecule has 0 atom stereocenters. The number of nitrogens with zero attached hydrogens (tertiary/aromatic N) is 3. The molecule has 0 spiro atoms. The van der Waals surface area contributed by atoms with E-state index in [0.29, 0.717) is 0 Å². The fourth-order valence-corrected chi connectivity index (χ4v) is 2.82. The number of likely N-dealkylation sites (tertiary alicyclic amines) is 1. The maximum Gasteiger partial charge on any atom is 0.451 e. The predicted molar refractivity (Wildman–Crippen MR) is 124 cm³/mol. The molecule has 0 aliphatic carbocycles. The first-order valence-electron chi connectivity index (χ1n) is 10.5. The standard InChI is InChI=1S/C10H11F4N5O.C10H19NO2.C2H2/c11-5-20-8-2-1-7(3-6(8)4-15)19(18-17)9(16)10(12,13)14;1-10(2,3)13-9(12)11-7-5-4-6-8-11;1-2/h1-3,16-17H,4-5,15H2;4-8H2,1-3H3;1-2H. The van der Waals surface area contributed by atoms with Gasteiger partial charge in [-0.2, -0.15) is 23.7 Å². The van der Waals surface area contributed by atoms with Crippen molar-refractivity contribution in [1.82, 2.24) is 4.90 Å². The minimum atomic E-state index is -4.96. The zero-order valence-electron chi connectivity index (χ0n) is 20.0. The lowest BCUT2D eigenvalue weighted by Gasteiger charge is -2.29. The topological polar surface area (TPSA) is 128 Å². The number of benzene rings is 1. The van der Waals surface area contributed by atoms with Gasteiger partial charge in [0.25, 0.3) is 0 Å². The van der Waals surface area contributed by atoms with Crippen LogP contribution in [0.5, 0.6) is 5.75 Å². The highest BCUT2D eigenvalue weighted by Crippen LogP contribution is 2.29. The van der Waals surface area contributed by atoms with Crippen molar-refractivity contribution < 1.29 is 31.8 Å². The summed E-state index contributed by atoms with van der Waals surface area (Å²) in [5, 5.41) is 9.70. The summed E-state index contributed by atoms with van der Waals surface area (Å²) in [6, 6.07) is 3.45. The molecule has 0 aromatic heterocycles. The van der Waals surface area contributed by atoms with Crippen LogP contribution in [0, 0.1) is 23.8 Å². The Morgan fingerprint density at radius 3 is 2.20 bits per heavy atom. The molecule has 196 valence electrons. The summed E-state index contributed by atoms with van der Waals surface area (Å²) in [5.74, 6) is -1.75. The van der Waals surface area contributed by atoms with E-state index in [-0.39, 0.29) is 40.2 Å². The van der Waals surface area contributed by atoms with E-state index in [1.165, 1.54) is 12.5 Å².